The molecule has 8 heteroatoms. The Balaban J connectivity index is 1.70. The molecule has 1 aliphatic carbocycles. The Hall–Kier alpha value is -2.32. The molecule has 0 spiro atoms. The molecule has 0 saturated heterocycles. The van der Waals surface area contributed by atoms with E-state index in [4.69, 9.17) is 5.73 Å². The summed E-state index contributed by atoms with van der Waals surface area (Å²) in [5, 5.41) is 15.8. The predicted octanol–water partition coefficient (Wildman–Crippen LogP) is 2.73. The highest BCUT2D eigenvalue weighted by Crippen LogP contribution is 2.58. The molecule has 136 valence electrons. The van der Waals surface area contributed by atoms with Crippen molar-refractivity contribution in [3.8, 4) is 0 Å². The number of amides is 1. The molecule has 1 aliphatic heterocycles. The minimum Gasteiger partial charge on any atom is -0.369 e. The smallest absolute Gasteiger partial charge is 0.228 e. The molecule has 1 aromatic heterocycles. The van der Waals surface area contributed by atoms with Gasteiger partial charge in [0, 0.05) is 24.6 Å². The fourth-order valence-corrected chi connectivity index (χ4v) is 5.38. The van der Waals surface area contributed by atoms with Crippen molar-refractivity contribution in [2.45, 2.75) is 30.6 Å². The van der Waals surface area contributed by atoms with Gasteiger partial charge in [-0.1, -0.05) is 23.9 Å². The van der Waals surface area contributed by atoms with Crippen LogP contribution < -0.4 is 5.73 Å². The standard InChI is InChI=1S/C18H19FN4O2S/c1-10-11(4-3-5-12(10)19)18(17(20)24)8-14-15(9-18)26-16(23(14)25)13-6-7-21-22(13)2/h3-7,16,25H,8-9H2,1-2H3,(H2,20,24)/t16-,18-/m1/s1. The van der Waals surface area contributed by atoms with Gasteiger partial charge in [-0.05, 0) is 36.6 Å². The highest BCUT2D eigenvalue weighted by molar-refractivity contribution is 8.03. The lowest BCUT2D eigenvalue weighted by atomic mass is 9.75. The molecule has 2 aliphatic rings. The summed E-state index contributed by atoms with van der Waals surface area (Å²) in [6, 6.07) is 6.56. The van der Waals surface area contributed by atoms with Crippen LogP contribution >= 0.6 is 11.8 Å². The lowest BCUT2D eigenvalue weighted by molar-refractivity contribution is -0.124. The van der Waals surface area contributed by atoms with E-state index in [0.717, 1.165) is 10.6 Å². The fourth-order valence-electron chi connectivity index (χ4n) is 3.90. The summed E-state index contributed by atoms with van der Waals surface area (Å²) in [5.41, 5.74) is 7.27. The number of benzene rings is 1. The van der Waals surface area contributed by atoms with Gasteiger partial charge < -0.3 is 5.73 Å². The van der Waals surface area contributed by atoms with Gasteiger partial charge >= 0.3 is 0 Å². The van der Waals surface area contributed by atoms with Gasteiger partial charge in [-0.3, -0.25) is 14.7 Å². The van der Waals surface area contributed by atoms with E-state index < -0.39 is 11.3 Å². The minimum atomic E-state index is -1.04. The van der Waals surface area contributed by atoms with Crippen molar-refractivity contribution in [3.05, 3.63) is 63.7 Å². The number of allylic oxidation sites excluding steroid dienone is 2. The number of carbonyl (C=O) groups is 1. The van der Waals surface area contributed by atoms with Crippen LogP contribution in [0.5, 0.6) is 0 Å². The lowest BCUT2D eigenvalue weighted by Crippen LogP contribution is -2.41. The summed E-state index contributed by atoms with van der Waals surface area (Å²) in [7, 11) is 1.82. The molecule has 1 amide bonds. The van der Waals surface area contributed by atoms with E-state index in [9.17, 15) is 14.4 Å². The Bertz CT molecular complexity index is 941. The molecule has 1 aromatic carbocycles. The quantitative estimate of drug-likeness (QED) is 0.863. The third-order valence-corrected chi connectivity index (χ3v) is 6.70. The Morgan fingerprint density at radius 2 is 2.19 bits per heavy atom. The molecule has 6 nitrogen and oxygen atoms in total. The van der Waals surface area contributed by atoms with Crippen LogP contribution in [-0.4, -0.2) is 26.0 Å². The van der Waals surface area contributed by atoms with Gasteiger partial charge in [-0.2, -0.15) is 5.10 Å². The van der Waals surface area contributed by atoms with E-state index in [2.05, 4.69) is 5.10 Å². The number of nitrogens with two attached hydrogens (primary N) is 1. The predicted molar refractivity (Wildman–Crippen MR) is 95.4 cm³/mol. The average Bonchev–Trinajstić information content (AvgIpc) is 3.25. The van der Waals surface area contributed by atoms with Gasteiger partial charge in [0.05, 0.1) is 16.8 Å². The number of carbonyl (C=O) groups excluding carboxylic acids is 1. The van der Waals surface area contributed by atoms with Crippen LogP contribution in [0.3, 0.4) is 0 Å². The normalized spacial score (nSPS) is 25.1. The third-order valence-electron chi connectivity index (χ3n) is 5.37. The summed E-state index contributed by atoms with van der Waals surface area (Å²) in [5.74, 6) is -0.872. The number of hydrogen-bond donors (Lipinski definition) is 2. The molecule has 2 heterocycles. The molecule has 0 radical (unpaired) electrons. The summed E-state index contributed by atoms with van der Waals surface area (Å²) in [4.78, 5) is 13.3. The van der Waals surface area contributed by atoms with Crippen molar-refractivity contribution in [1.29, 1.82) is 0 Å². The van der Waals surface area contributed by atoms with E-state index in [1.807, 2.05) is 13.1 Å². The molecule has 2 aromatic rings. The van der Waals surface area contributed by atoms with Gasteiger partial charge in [0.25, 0.3) is 0 Å². The van der Waals surface area contributed by atoms with Crippen molar-refractivity contribution in [2.75, 3.05) is 0 Å². The Morgan fingerprint density at radius 1 is 1.42 bits per heavy atom. The number of rotatable bonds is 3. The highest BCUT2D eigenvalue weighted by Gasteiger charge is 2.52. The Morgan fingerprint density at radius 3 is 2.81 bits per heavy atom. The van der Waals surface area contributed by atoms with E-state index >= 15 is 0 Å². The second kappa shape index (κ2) is 5.85. The van der Waals surface area contributed by atoms with Gasteiger partial charge in [0.2, 0.25) is 5.91 Å². The molecule has 0 bridgehead atoms. The Kier molecular flexibility index (Phi) is 3.85. The van der Waals surface area contributed by atoms with Crippen LogP contribution in [0, 0.1) is 12.7 Å². The first-order chi connectivity index (χ1) is 12.3. The Labute approximate surface area is 154 Å². The SMILES string of the molecule is Cc1c(F)cccc1[C@]1(C(N)=O)CC2=C(C1)N(O)[C@@H](c1ccnn1C)S2. The first kappa shape index (κ1) is 17.1. The van der Waals surface area contributed by atoms with Crippen LogP contribution in [0.25, 0.3) is 0 Å². The number of halogens is 1. The number of aryl methyl sites for hydroxylation is 1. The third kappa shape index (κ3) is 2.29. The van der Waals surface area contributed by atoms with Gasteiger partial charge in [-0.15, -0.1) is 0 Å². The molecular weight excluding hydrogens is 355 g/mol. The van der Waals surface area contributed by atoms with E-state index in [-0.39, 0.29) is 17.6 Å². The zero-order valence-electron chi connectivity index (χ0n) is 14.4. The molecule has 0 unspecified atom stereocenters. The molecule has 3 N–H and O–H groups in total. The van der Waals surface area contributed by atoms with Crippen LogP contribution in [-0.2, 0) is 17.3 Å². The zero-order valence-corrected chi connectivity index (χ0v) is 15.3. The van der Waals surface area contributed by atoms with Gasteiger partial charge in [-0.25, -0.2) is 9.45 Å². The summed E-state index contributed by atoms with van der Waals surface area (Å²) in [6.07, 6.45) is 2.29. The van der Waals surface area contributed by atoms with Crippen LogP contribution in [0.2, 0.25) is 0 Å². The van der Waals surface area contributed by atoms with Crippen molar-refractivity contribution in [2.24, 2.45) is 12.8 Å². The van der Waals surface area contributed by atoms with Crippen molar-refractivity contribution >= 4 is 17.7 Å². The number of thioether (sulfide) groups is 1. The number of aromatic nitrogens is 2. The van der Waals surface area contributed by atoms with Crippen LogP contribution in [0.15, 0.2) is 41.1 Å². The minimum absolute atomic E-state index is 0.250. The first-order valence-electron chi connectivity index (χ1n) is 8.25. The monoisotopic (exact) mass is 374 g/mol. The molecule has 0 fully saturated rings. The largest absolute Gasteiger partial charge is 0.369 e. The molecule has 2 atom stereocenters. The zero-order chi connectivity index (χ0) is 18.6. The number of primary amides is 1. The first-order valence-corrected chi connectivity index (χ1v) is 9.13. The van der Waals surface area contributed by atoms with E-state index in [1.165, 1.54) is 22.9 Å². The van der Waals surface area contributed by atoms with E-state index in [0.29, 0.717) is 23.2 Å². The number of nitrogens with zero attached hydrogens (tertiary/aromatic N) is 3. The maximum Gasteiger partial charge on any atom is 0.228 e. The maximum atomic E-state index is 14.1. The van der Waals surface area contributed by atoms with Crippen molar-refractivity contribution in [1.82, 2.24) is 14.8 Å². The van der Waals surface area contributed by atoms with Crippen molar-refractivity contribution in [3.63, 3.8) is 0 Å². The molecule has 0 saturated carbocycles. The van der Waals surface area contributed by atoms with Crippen LogP contribution in [0.4, 0.5) is 4.39 Å². The molecule has 26 heavy (non-hydrogen) atoms. The van der Waals surface area contributed by atoms with Crippen LogP contribution in [0.1, 0.15) is 35.0 Å². The molecular formula is C18H19FN4O2S. The van der Waals surface area contributed by atoms with Crippen molar-refractivity contribution < 1.29 is 14.4 Å². The average molecular weight is 374 g/mol. The highest BCUT2D eigenvalue weighted by atomic mass is 32.2. The second-order valence-electron chi connectivity index (χ2n) is 6.78. The summed E-state index contributed by atoms with van der Waals surface area (Å²) >= 11 is 1.48. The van der Waals surface area contributed by atoms with Gasteiger partial charge in [0.1, 0.15) is 11.2 Å². The molecule has 4 rings (SSSR count). The number of hydroxylamine groups is 2. The maximum absolute atomic E-state index is 14.1. The number of hydrogen-bond acceptors (Lipinski definition) is 5. The summed E-state index contributed by atoms with van der Waals surface area (Å²) in [6.45, 7) is 1.65. The lowest BCUT2D eigenvalue weighted by Gasteiger charge is -2.32. The second-order valence-corrected chi connectivity index (χ2v) is 7.95. The summed E-state index contributed by atoms with van der Waals surface area (Å²) < 4.78 is 15.8. The van der Waals surface area contributed by atoms with E-state index in [1.54, 1.807) is 29.9 Å². The topological polar surface area (TPSA) is 84.4 Å². The van der Waals surface area contributed by atoms with Gasteiger partial charge in [0.15, 0.2) is 0 Å². The fraction of sp³-hybridized carbons (Fsp3) is 0.333.